The second-order valence-electron chi connectivity index (χ2n) is 5.04. The van der Waals surface area contributed by atoms with Gasteiger partial charge in [-0.1, -0.05) is 19.4 Å². The number of nitrogens with one attached hydrogen (secondary N) is 1. The van der Waals surface area contributed by atoms with Crippen LogP contribution in [0.1, 0.15) is 33.6 Å². The van der Waals surface area contributed by atoms with Gasteiger partial charge in [-0.15, -0.1) is 0 Å². The molecule has 0 radical (unpaired) electrons. The molecular formula is C14H22N2O. The third-order valence-corrected chi connectivity index (χ3v) is 3.22. The first-order valence-electron chi connectivity index (χ1n) is 6.43. The van der Waals surface area contributed by atoms with Crippen LogP contribution in [-0.4, -0.2) is 12.1 Å². The van der Waals surface area contributed by atoms with Gasteiger partial charge in [0.1, 0.15) is 5.75 Å². The van der Waals surface area contributed by atoms with Gasteiger partial charge < -0.3 is 15.8 Å². The first-order valence-corrected chi connectivity index (χ1v) is 6.43. The Hall–Kier alpha value is -1.38. The Bertz CT molecular complexity index is 390. The van der Waals surface area contributed by atoms with Crippen molar-refractivity contribution in [2.24, 2.45) is 5.92 Å². The van der Waals surface area contributed by atoms with E-state index >= 15 is 0 Å². The lowest BCUT2D eigenvalue weighted by Crippen LogP contribution is -2.10. The SMILES string of the molecule is CCC1CC1Nc1cccc(OC(C)C)c1N. The van der Waals surface area contributed by atoms with Gasteiger partial charge in [-0.3, -0.25) is 0 Å². The van der Waals surface area contributed by atoms with Crippen molar-refractivity contribution in [3.8, 4) is 5.75 Å². The lowest BCUT2D eigenvalue weighted by molar-refractivity contribution is 0.244. The van der Waals surface area contributed by atoms with Crippen molar-refractivity contribution < 1.29 is 4.74 Å². The second-order valence-corrected chi connectivity index (χ2v) is 5.04. The maximum Gasteiger partial charge on any atom is 0.144 e. The Morgan fingerprint density at radius 3 is 2.82 bits per heavy atom. The molecule has 0 heterocycles. The van der Waals surface area contributed by atoms with Gasteiger partial charge in [0.25, 0.3) is 0 Å². The van der Waals surface area contributed by atoms with Crippen molar-refractivity contribution in [1.82, 2.24) is 0 Å². The fourth-order valence-corrected chi connectivity index (χ4v) is 2.10. The Morgan fingerprint density at radius 2 is 2.24 bits per heavy atom. The lowest BCUT2D eigenvalue weighted by Gasteiger charge is -2.15. The fraction of sp³-hybridized carbons (Fsp3) is 0.571. The van der Waals surface area contributed by atoms with Crippen LogP contribution in [0.15, 0.2) is 18.2 Å². The number of benzene rings is 1. The summed E-state index contributed by atoms with van der Waals surface area (Å²) in [5.41, 5.74) is 7.84. The quantitative estimate of drug-likeness (QED) is 0.769. The molecule has 17 heavy (non-hydrogen) atoms. The molecule has 2 atom stereocenters. The van der Waals surface area contributed by atoms with E-state index in [1.807, 2.05) is 32.0 Å². The van der Waals surface area contributed by atoms with Gasteiger partial charge >= 0.3 is 0 Å². The number of anilines is 2. The first kappa shape index (κ1) is 12.1. The predicted octanol–water partition coefficient (Wildman–Crippen LogP) is 3.27. The summed E-state index contributed by atoms with van der Waals surface area (Å²) in [6.07, 6.45) is 2.64. The van der Waals surface area contributed by atoms with Crippen LogP contribution in [-0.2, 0) is 0 Å². The van der Waals surface area contributed by atoms with Crippen molar-refractivity contribution in [1.29, 1.82) is 0 Å². The summed E-state index contributed by atoms with van der Waals surface area (Å²) in [5.74, 6) is 1.59. The minimum Gasteiger partial charge on any atom is -0.489 e. The van der Waals surface area contributed by atoms with Crippen LogP contribution in [0.25, 0.3) is 0 Å². The zero-order valence-corrected chi connectivity index (χ0v) is 10.9. The summed E-state index contributed by atoms with van der Waals surface area (Å²) in [6, 6.07) is 6.52. The van der Waals surface area contributed by atoms with E-state index in [1.165, 1.54) is 12.8 Å². The maximum atomic E-state index is 6.11. The van der Waals surface area contributed by atoms with Crippen molar-refractivity contribution >= 4 is 11.4 Å². The molecule has 1 aromatic carbocycles. The van der Waals surface area contributed by atoms with Crippen LogP contribution >= 0.6 is 0 Å². The van der Waals surface area contributed by atoms with Crippen molar-refractivity contribution in [3.63, 3.8) is 0 Å². The maximum absolute atomic E-state index is 6.11. The number of ether oxygens (including phenoxy) is 1. The number of para-hydroxylation sites is 1. The highest BCUT2D eigenvalue weighted by molar-refractivity contribution is 5.73. The highest BCUT2D eigenvalue weighted by atomic mass is 16.5. The lowest BCUT2D eigenvalue weighted by atomic mass is 10.2. The largest absolute Gasteiger partial charge is 0.489 e. The summed E-state index contributed by atoms with van der Waals surface area (Å²) >= 11 is 0. The number of hydrogen-bond acceptors (Lipinski definition) is 3. The van der Waals surface area contributed by atoms with Crippen LogP contribution in [0.5, 0.6) is 5.75 Å². The zero-order valence-electron chi connectivity index (χ0n) is 10.9. The molecule has 2 rings (SSSR count). The average Bonchev–Trinajstić information content (AvgIpc) is 3.02. The van der Waals surface area contributed by atoms with Gasteiger partial charge in [0.15, 0.2) is 0 Å². The third-order valence-electron chi connectivity index (χ3n) is 3.22. The van der Waals surface area contributed by atoms with Crippen LogP contribution in [0.2, 0.25) is 0 Å². The smallest absolute Gasteiger partial charge is 0.144 e. The van der Waals surface area contributed by atoms with Gasteiger partial charge in [-0.2, -0.15) is 0 Å². The number of nitrogens with two attached hydrogens (primary N) is 1. The summed E-state index contributed by atoms with van der Waals surface area (Å²) < 4.78 is 5.68. The van der Waals surface area contributed by atoms with Crippen LogP contribution < -0.4 is 15.8 Å². The molecule has 3 nitrogen and oxygen atoms in total. The Labute approximate surface area is 103 Å². The van der Waals surface area contributed by atoms with Crippen LogP contribution in [0.4, 0.5) is 11.4 Å². The third kappa shape index (κ3) is 2.84. The summed E-state index contributed by atoms with van der Waals surface area (Å²) in [6.45, 7) is 6.25. The molecule has 3 heteroatoms. The van der Waals surface area contributed by atoms with Gasteiger partial charge in [0.2, 0.25) is 0 Å². The number of nitrogen functional groups attached to an aromatic ring is 1. The van der Waals surface area contributed by atoms with Gasteiger partial charge in [-0.25, -0.2) is 0 Å². The molecule has 1 saturated carbocycles. The molecule has 0 spiro atoms. The molecule has 2 unspecified atom stereocenters. The van der Waals surface area contributed by atoms with Crippen molar-refractivity contribution in [2.75, 3.05) is 11.1 Å². The normalized spacial score (nSPS) is 22.6. The van der Waals surface area contributed by atoms with Crippen LogP contribution in [0, 0.1) is 5.92 Å². The molecule has 0 bridgehead atoms. The molecule has 1 fully saturated rings. The molecule has 94 valence electrons. The average molecular weight is 234 g/mol. The standard InChI is InChI=1S/C14H22N2O/c1-4-10-8-12(10)16-11-6-5-7-13(14(11)15)17-9(2)3/h5-7,9-10,12,16H,4,8,15H2,1-3H3. The van der Waals surface area contributed by atoms with Gasteiger partial charge in [0.05, 0.1) is 17.5 Å². The van der Waals surface area contributed by atoms with E-state index in [0.29, 0.717) is 6.04 Å². The number of rotatable bonds is 5. The first-order chi connectivity index (χ1) is 8.11. The second kappa shape index (κ2) is 4.86. The summed E-state index contributed by atoms with van der Waals surface area (Å²) in [7, 11) is 0. The van der Waals surface area contributed by atoms with E-state index in [9.17, 15) is 0 Å². The minimum atomic E-state index is 0.150. The molecular weight excluding hydrogens is 212 g/mol. The van der Waals surface area contributed by atoms with E-state index < -0.39 is 0 Å². The fourth-order valence-electron chi connectivity index (χ4n) is 2.10. The molecule has 1 aliphatic rings. The van der Waals surface area contributed by atoms with Gasteiger partial charge in [0, 0.05) is 6.04 Å². The minimum absolute atomic E-state index is 0.150. The highest BCUT2D eigenvalue weighted by Gasteiger charge is 2.35. The van der Waals surface area contributed by atoms with E-state index in [-0.39, 0.29) is 6.10 Å². The Balaban J connectivity index is 2.07. The van der Waals surface area contributed by atoms with Crippen molar-refractivity contribution in [3.05, 3.63) is 18.2 Å². The molecule has 1 aliphatic carbocycles. The van der Waals surface area contributed by atoms with Crippen LogP contribution in [0.3, 0.4) is 0 Å². The molecule has 0 aromatic heterocycles. The molecule has 0 amide bonds. The summed E-state index contributed by atoms with van der Waals surface area (Å²) in [5, 5.41) is 3.49. The number of hydrogen-bond donors (Lipinski definition) is 2. The molecule has 1 aromatic rings. The molecule has 0 saturated heterocycles. The predicted molar refractivity (Wildman–Crippen MR) is 72.4 cm³/mol. The Morgan fingerprint density at radius 1 is 1.47 bits per heavy atom. The topological polar surface area (TPSA) is 47.3 Å². The van der Waals surface area contributed by atoms with E-state index in [2.05, 4.69) is 12.2 Å². The van der Waals surface area contributed by atoms with E-state index in [4.69, 9.17) is 10.5 Å². The zero-order chi connectivity index (χ0) is 12.4. The van der Waals surface area contributed by atoms with Gasteiger partial charge in [-0.05, 0) is 38.3 Å². The monoisotopic (exact) mass is 234 g/mol. The van der Waals surface area contributed by atoms with E-state index in [0.717, 1.165) is 23.0 Å². The summed E-state index contributed by atoms with van der Waals surface area (Å²) in [4.78, 5) is 0. The highest BCUT2D eigenvalue weighted by Crippen LogP contribution is 2.39. The van der Waals surface area contributed by atoms with E-state index in [1.54, 1.807) is 0 Å². The molecule has 3 N–H and O–H groups in total. The Kier molecular flexibility index (Phi) is 3.46. The molecule has 0 aliphatic heterocycles. The van der Waals surface area contributed by atoms with Crippen molar-refractivity contribution in [2.45, 2.75) is 45.8 Å².